The van der Waals surface area contributed by atoms with Crippen LogP contribution in [0, 0.1) is 0 Å². The van der Waals surface area contributed by atoms with Crippen LogP contribution in [0.1, 0.15) is 87.6 Å². The summed E-state index contributed by atoms with van der Waals surface area (Å²) in [7, 11) is 0. The quantitative estimate of drug-likeness (QED) is 0.392. The normalized spacial score (nSPS) is 12.3. The number of aryl methyl sites for hydroxylation is 1. The highest BCUT2D eigenvalue weighted by atomic mass is 16.2. The first-order valence-corrected chi connectivity index (χ1v) is 9.81. The van der Waals surface area contributed by atoms with E-state index < -0.39 is 0 Å². The van der Waals surface area contributed by atoms with E-state index in [0.29, 0.717) is 5.69 Å². The summed E-state index contributed by atoms with van der Waals surface area (Å²) in [6.45, 7) is 10.3. The van der Waals surface area contributed by atoms with Crippen LogP contribution in [0.3, 0.4) is 0 Å². The lowest BCUT2D eigenvalue weighted by Crippen LogP contribution is -2.19. The van der Waals surface area contributed by atoms with Gasteiger partial charge in [-0.15, -0.1) is 0 Å². The zero-order chi connectivity index (χ0) is 19.9. The number of nitrogens with one attached hydrogen (secondary N) is 2. The predicted octanol–water partition coefficient (Wildman–Crippen LogP) is 4.98. The number of carbonyl (C=O) groups is 1. The van der Waals surface area contributed by atoms with Gasteiger partial charge in [-0.25, -0.2) is 5.43 Å². The summed E-state index contributed by atoms with van der Waals surface area (Å²) in [4.78, 5) is 12.2. The third-order valence-electron chi connectivity index (χ3n) is 4.63. The molecule has 5 nitrogen and oxygen atoms in total. The zero-order valence-corrected chi connectivity index (χ0v) is 17.2. The van der Waals surface area contributed by atoms with Crippen molar-refractivity contribution in [3.63, 3.8) is 0 Å². The van der Waals surface area contributed by atoms with Crippen LogP contribution < -0.4 is 5.43 Å². The van der Waals surface area contributed by atoms with E-state index in [2.05, 4.69) is 72.7 Å². The standard InChI is InChI=1S/C22H32N4O/c1-6-7-8-9-10-17-11-13-18(14-12-17)16(2)23-26-21(27)19-15-20(25-24-19)22(3,4)5/h11-15H,6-10H2,1-5H3,(H,24,25)(H,26,27)/b23-16+. The van der Waals surface area contributed by atoms with Gasteiger partial charge in [0, 0.05) is 11.1 Å². The molecule has 0 saturated heterocycles. The van der Waals surface area contributed by atoms with E-state index in [1.165, 1.54) is 31.2 Å². The molecule has 0 aliphatic rings. The minimum atomic E-state index is -0.311. The van der Waals surface area contributed by atoms with Crippen molar-refractivity contribution in [2.45, 2.75) is 72.1 Å². The summed E-state index contributed by atoms with van der Waals surface area (Å²) < 4.78 is 0. The number of unbranched alkanes of at least 4 members (excludes halogenated alkanes) is 3. The van der Waals surface area contributed by atoms with Crippen LogP contribution in [-0.4, -0.2) is 21.8 Å². The lowest BCUT2D eigenvalue weighted by atomic mass is 9.92. The Morgan fingerprint density at radius 2 is 1.85 bits per heavy atom. The van der Waals surface area contributed by atoms with Crippen molar-refractivity contribution in [1.29, 1.82) is 0 Å². The number of H-pyrrole nitrogens is 1. The van der Waals surface area contributed by atoms with Gasteiger partial charge in [0.2, 0.25) is 0 Å². The highest BCUT2D eigenvalue weighted by Gasteiger charge is 2.19. The van der Waals surface area contributed by atoms with Gasteiger partial charge in [-0.3, -0.25) is 9.89 Å². The number of nitrogens with zero attached hydrogens (tertiary/aromatic N) is 2. The van der Waals surface area contributed by atoms with Crippen molar-refractivity contribution in [1.82, 2.24) is 15.6 Å². The molecular formula is C22H32N4O. The van der Waals surface area contributed by atoms with Crippen LogP contribution in [0.25, 0.3) is 0 Å². The number of hydrogen-bond donors (Lipinski definition) is 2. The van der Waals surface area contributed by atoms with Gasteiger partial charge in [-0.1, -0.05) is 71.2 Å². The molecule has 1 aromatic carbocycles. The van der Waals surface area contributed by atoms with Crippen molar-refractivity contribution >= 4 is 11.6 Å². The van der Waals surface area contributed by atoms with Gasteiger partial charge in [-0.2, -0.15) is 10.2 Å². The Morgan fingerprint density at radius 3 is 2.44 bits per heavy atom. The van der Waals surface area contributed by atoms with Gasteiger partial charge in [0.15, 0.2) is 5.69 Å². The molecule has 0 aliphatic heterocycles. The molecule has 146 valence electrons. The Kier molecular flexibility index (Phi) is 7.34. The minimum Gasteiger partial charge on any atom is -0.281 e. The second-order valence-corrected chi connectivity index (χ2v) is 8.06. The monoisotopic (exact) mass is 368 g/mol. The van der Waals surface area contributed by atoms with Gasteiger partial charge in [0.1, 0.15) is 0 Å². The molecule has 27 heavy (non-hydrogen) atoms. The van der Waals surface area contributed by atoms with E-state index in [1.54, 1.807) is 6.07 Å². The summed E-state index contributed by atoms with van der Waals surface area (Å²) in [6.07, 6.45) is 6.20. The van der Waals surface area contributed by atoms with E-state index in [9.17, 15) is 4.79 Å². The molecule has 2 N–H and O–H groups in total. The number of aromatic nitrogens is 2. The van der Waals surface area contributed by atoms with E-state index >= 15 is 0 Å². The average molecular weight is 369 g/mol. The molecule has 2 aromatic rings. The smallest absolute Gasteiger partial charge is 0.281 e. The molecule has 0 aliphatic carbocycles. The molecule has 2 rings (SSSR count). The van der Waals surface area contributed by atoms with Gasteiger partial charge in [0.05, 0.1) is 5.71 Å². The third kappa shape index (κ3) is 6.35. The fraction of sp³-hybridized carbons (Fsp3) is 0.500. The van der Waals surface area contributed by atoms with Crippen molar-refractivity contribution < 1.29 is 4.79 Å². The average Bonchev–Trinajstić information content (AvgIpc) is 3.14. The van der Waals surface area contributed by atoms with Crippen LogP contribution >= 0.6 is 0 Å². The Labute approximate surface area is 162 Å². The Hall–Kier alpha value is -2.43. The molecule has 0 spiro atoms. The van der Waals surface area contributed by atoms with Crippen molar-refractivity contribution in [3.05, 3.63) is 52.8 Å². The zero-order valence-electron chi connectivity index (χ0n) is 17.2. The molecule has 0 bridgehead atoms. The number of hydrazone groups is 1. The first kappa shape index (κ1) is 20.9. The first-order chi connectivity index (χ1) is 12.8. The largest absolute Gasteiger partial charge is 0.291 e. The molecule has 1 amide bonds. The number of amides is 1. The molecule has 5 heteroatoms. The minimum absolute atomic E-state index is 0.0804. The van der Waals surface area contributed by atoms with Crippen molar-refractivity contribution in [2.24, 2.45) is 5.10 Å². The van der Waals surface area contributed by atoms with Crippen LogP contribution in [0.15, 0.2) is 35.4 Å². The Bertz CT molecular complexity index is 766. The van der Waals surface area contributed by atoms with Gasteiger partial charge in [-0.05, 0) is 37.0 Å². The highest BCUT2D eigenvalue weighted by molar-refractivity contribution is 6.00. The van der Waals surface area contributed by atoms with Gasteiger partial charge >= 0.3 is 0 Å². The summed E-state index contributed by atoms with van der Waals surface area (Å²) in [5.41, 5.74) is 6.90. The third-order valence-corrected chi connectivity index (χ3v) is 4.63. The second-order valence-electron chi connectivity index (χ2n) is 8.06. The Morgan fingerprint density at radius 1 is 1.15 bits per heavy atom. The molecule has 0 atom stereocenters. The van der Waals surface area contributed by atoms with Crippen LogP contribution in [0.5, 0.6) is 0 Å². The number of carbonyl (C=O) groups excluding carboxylic acids is 1. The summed E-state index contributed by atoms with van der Waals surface area (Å²) in [5, 5.41) is 11.2. The fourth-order valence-electron chi connectivity index (χ4n) is 2.75. The van der Waals surface area contributed by atoms with E-state index in [-0.39, 0.29) is 11.3 Å². The predicted molar refractivity (Wildman–Crippen MR) is 111 cm³/mol. The Balaban J connectivity index is 1.92. The molecule has 0 saturated carbocycles. The fourth-order valence-corrected chi connectivity index (χ4v) is 2.75. The number of hydrogen-bond acceptors (Lipinski definition) is 3. The van der Waals surface area contributed by atoms with E-state index in [1.807, 2.05) is 6.92 Å². The molecule has 0 radical (unpaired) electrons. The second kappa shape index (κ2) is 9.49. The maximum atomic E-state index is 12.2. The highest BCUT2D eigenvalue weighted by Crippen LogP contribution is 2.20. The number of benzene rings is 1. The summed E-state index contributed by atoms with van der Waals surface area (Å²) in [6, 6.07) is 10.2. The maximum absolute atomic E-state index is 12.2. The topological polar surface area (TPSA) is 70.1 Å². The summed E-state index contributed by atoms with van der Waals surface area (Å²) >= 11 is 0. The van der Waals surface area contributed by atoms with E-state index in [0.717, 1.165) is 23.4 Å². The molecular weight excluding hydrogens is 336 g/mol. The SMILES string of the molecule is CCCCCCc1ccc(/C(C)=N/NC(=O)c2cc(C(C)(C)C)[nH]n2)cc1. The maximum Gasteiger partial charge on any atom is 0.291 e. The van der Waals surface area contributed by atoms with Gasteiger partial charge in [0.25, 0.3) is 5.91 Å². The first-order valence-electron chi connectivity index (χ1n) is 9.81. The number of rotatable bonds is 8. The lowest BCUT2D eigenvalue weighted by Gasteiger charge is -2.14. The summed E-state index contributed by atoms with van der Waals surface area (Å²) in [5.74, 6) is -0.311. The van der Waals surface area contributed by atoms with Crippen LogP contribution in [0.2, 0.25) is 0 Å². The molecule has 1 heterocycles. The molecule has 0 fully saturated rings. The van der Waals surface area contributed by atoms with Crippen molar-refractivity contribution in [2.75, 3.05) is 0 Å². The van der Waals surface area contributed by atoms with Gasteiger partial charge < -0.3 is 0 Å². The van der Waals surface area contributed by atoms with E-state index in [4.69, 9.17) is 0 Å². The molecule has 0 unspecified atom stereocenters. The van der Waals surface area contributed by atoms with Crippen LogP contribution in [0.4, 0.5) is 0 Å². The van der Waals surface area contributed by atoms with Crippen LogP contribution in [-0.2, 0) is 11.8 Å². The lowest BCUT2D eigenvalue weighted by molar-refractivity contribution is 0.0950. The van der Waals surface area contributed by atoms with Crippen molar-refractivity contribution in [3.8, 4) is 0 Å². The number of aromatic amines is 1. The molecule has 1 aromatic heterocycles.